The maximum atomic E-state index is 15.1. The van der Waals surface area contributed by atoms with Gasteiger partial charge in [-0.3, -0.25) is 9.69 Å². The van der Waals surface area contributed by atoms with E-state index in [9.17, 15) is 14.7 Å². The van der Waals surface area contributed by atoms with Gasteiger partial charge >= 0.3 is 6.09 Å². The molecule has 41 heavy (non-hydrogen) atoms. The molecule has 2 aliphatic heterocycles. The summed E-state index contributed by atoms with van der Waals surface area (Å²) >= 11 is 12.0. The smallest absolute Gasteiger partial charge is 0.410 e. The van der Waals surface area contributed by atoms with E-state index in [4.69, 9.17) is 27.9 Å². The van der Waals surface area contributed by atoms with E-state index in [-0.39, 0.29) is 29.4 Å². The number of nitrogens with zero attached hydrogens (tertiary/aromatic N) is 5. The van der Waals surface area contributed by atoms with Gasteiger partial charge in [0.15, 0.2) is 11.0 Å². The summed E-state index contributed by atoms with van der Waals surface area (Å²) in [7, 11) is 1.34. The Morgan fingerprint density at radius 2 is 1.78 bits per heavy atom. The quantitative estimate of drug-likeness (QED) is 0.434. The van der Waals surface area contributed by atoms with Crippen LogP contribution in [0.2, 0.25) is 10.2 Å². The van der Waals surface area contributed by atoms with Crippen LogP contribution in [0.1, 0.15) is 35.9 Å². The Balaban J connectivity index is 1.40. The molecule has 1 aromatic heterocycles. The van der Waals surface area contributed by atoms with Gasteiger partial charge in [0.2, 0.25) is 5.91 Å². The number of hydrogen-bond donors (Lipinski definition) is 1. The van der Waals surface area contributed by atoms with Gasteiger partial charge in [-0.05, 0) is 54.3 Å². The topological polar surface area (TPSA) is 99.1 Å². The van der Waals surface area contributed by atoms with E-state index in [1.54, 1.807) is 34.1 Å². The summed E-state index contributed by atoms with van der Waals surface area (Å²) in [6, 6.07) is 14.5. The van der Waals surface area contributed by atoms with Crippen molar-refractivity contribution in [3.8, 4) is 5.75 Å². The van der Waals surface area contributed by atoms with Crippen molar-refractivity contribution in [2.75, 3.05) is 44.7 Å². The van der Waals surface area contributed by atoms with Crippen LogP contribution >= 0.6 is 23.2 Å². The number of rotatable bonds is 4. The molecule has 3 heterocycles. The second kappa shape index (κ2) is 12.5. The van der Waals surface area contributed by atoms with E-state index in [0.717, 1.165) is 11.6 Å². The molecular weight excluding hydrogens is 572 g/mol. The second-order valence-corrected chi connectivity index (χ2v) is 11.1. The molecule has 0 bridgehead atoms. The molecule has 0 saturated carbocycles. The standard InChI is InChI=1S/C29H30Cl2FN5O4/c1-41-29(40)37-14-13-35(12-2-3-25(37)18-4-6-19(30)7-5-18)28(39)23-17-36(27-11-10-26(31)33-34-27)16-22(23)21-9-8-20(38)15-24(21)32/h4-11,15,22-23,25,38H,2-3,12-14,16-17H2,1H3. The molecule has 3 atom stereocenters. The summed E-state index contributed by atoms with van der Waals surface area (Å²) in [4.78, 5) is 32.2. The van der Waals surface area contributed by atoms with Gasteiger partial charge in [0, 0.05) is 49.7 Å². The first-order valence-electron chi connectivity index (χ1n) is 13.4. The molecule has 5 rings (SSSR count). The maximum absolute atomic E-state index is 15.1. The van der Waals surface area contributed by atoms with Gasteiger partial charge in [-0.1, -0.05) is 41.4 Å². The van der Waals surface area contributed by atoms with Gasteiger partial charge in [0.25, 0.3) is 0 Å². The number of methoxy groups -OCH3 is 1. The van der Waals surface area contributed by atoms with Gasteiger partial charge < -0.3 is 19.6 Å². The summed E-state index contributed by atoms with van der Waals surface area (Å²) in [6.45, 7) is 1.67. The average molecular weight is 602 g/mol. The van der Waals surface area contributed by atoms with Crippen molar-refractivity contribution in [2.45, 2.75) is 24.8 Å². The zero-order chi connectivity index (χ0) is 29.1. The first-order chi connectivity index (χ1) is 19.7. The number of carbonyl (C=O) groups excluding carboxylic acids is 2. The minimum Gasteiger partial charge on any atom is -0.508 e. The Kier molecular flexibility index (Phi) is 8.79. The molecule has 9 nitrogen and oxygen atoms in total. The third-order valence-corrected chi connectivity index (χ3v) is 8.28. The van der Waals surface area contributed by atoms with Crippen molar-refractivity contribution >= 4 is 41.0 Å². The van der Waals surface area contributed by atoms with Crippen LogP contribution in [0.3, 0.4) is 0 Å². The summed E-state index contributed by atoms with van der Waals surface area (Å²) in [5.74, 6) is -1.46. The van der Waals surface area contributed by atoms with Crippen LogP contribution in [-0.2, 0) is 9.53 Å². The van der Waals surface area contributed by atoms with Crippen LogP contribution in [-0.4, -0.2) is 76.9 Å². The predicted molar refractivity (Wildman–Crippen MR) is 153 cm³/mol. The molecule has 216 valence electrons. The number of aromatic hydroxyl groups is 1. The Morgan fingerprint density at radius 1 is 1.00 bits per heavy atom. The van der Waals surface area contributed by atoms with Crippen molar-refractivity contribution in [2.24, 2.45) is 5.92 Å². The molecule has 12 heteroatoms. The average Bonchev–Trinajstić information content (AvgIpc) is 3.38. The molecule has 2 amide bonds. The lowest BCUT2D eigenvalue weighted by molar-refractivity contribution is -0.136. The summed E-state index contributed by atoms with van der Waals surface area (Å²) in [5.41, 5.74) is 1.29. The lowest BCUT2D eigenvalue weighted by Crippen LogP contribution is -2.47. The van der Waals surface area contributed by atoms with Crippen LogP contribution in [0.5, 0.6) is 5.75 Å². The highest BCUT2D eigenvalue weighted by atomic mass is 35.5. The van der Waals surface area contributed by atoms with Crippen molar-refractivity contribution in [3.63, 3.8) is 0 Å². The van der Waals surface area contributed by atoms with Gasteiger partial charge in [-0.25, -0.2) is 9.18 Å². The Labute approximate surface area is 247 Å². The van der Waals surface area contributed by atoms with E-state index >= 15 is 4.39 Å². The van der Waals surface area contributed by atoms with Crippen LogP contribution in [0.25, 0.3) is 0 Å². The molecule has 0 radical (unpaired) electrons. The van der Waals surface area contributed by atoms with Crippen LogP contribution in [0.15, 0.2) is 54.6 Å². The van der Waals surface area contributed by atoms with Crippen molar-refractivity contribution in [1.82, 2.24) is 20.0 Å². The Bertz CT molecular complexity index is 1390. The fraction of sp³-hybridized carbons (Fsp3) is 0.379. The molecule has 3 aromatic rings. The first-order valence-corrected chi connectivity index (χ1v) is 14.1. The van der Waals surface area contributed by atoms with Crippen molar-refractivity contribution < 1.29 is 23.8 Å². The Morgan fingerprint density at radius 3 is 2.46 bits per heavy atom. The summed E-state index contributed by atoms with van der Waals surface area (Å²) in [6.07, 6.45) is 0.786. The first kappa shape index (κ1) is 28.9. The molecule has 1 N–H and O–H groups in total. The Hall–Kier alpha value is -3.63. The second-order valence-electron chi connectivity index (χ2n) is 10.2. The fourth-order valence-corrected chi connectivity index (χ4v) is 6.03. The zero-order valence-corrected chi connectivity index (χ0v) is 23.9. The highest BCUT2D eigenvalue weighted by molar-refractivity contribution is 6.30. The van der Waals surface area contributed by atoms with E-state index in [0.29, 0.717) is 55.4 Å². The highest BCUT2D eigenvalue weighted by Crippen LogP contribution is 2.38. The number of phenolic OH excluding ortho intramolecular Hbond substituents is 1. The highest BCUT2D eigenvalue weighted by Gasteiger charge is 2.42. The normalized spacial score (nSPS) is 21.4. The van der Waals surface area contributed by atoms with Gasteiger partial charge in [0.05, 0.1) is 19.1 Å². The number of hydrogen-bond acceptors (Lipinski definition) is 7. The van der Waals surface area contributed by atoms with Crippen LogP contribution in [0, 0.1) is 11.7 Å². The number of anilines is 1. The number of ether oxygens (including phenoxy) is 1. The molecule has 2 saturated heterocycles. The lowest BCUT2D eigenvalue weighted by atomic mass is 9.87. The van der Waals surface area contributed by atoms with Crippen LogP contribution < -0.4 is 4.90 Å². The lowest BCUT2D eigenvalue weighted by Gasteiger charge is -2.37. The van der Waals surface area contributed by atoms with Crippen molar-refractivity contribution in [1.29, 1.82) is 0 Å². The largest absolute Gasteiger partial charge is 0.508 e. The number of halogens is 3. The molecular formula is C29H30Cl2FN5O4. The fourth-order valence-electron chi connectivity index (χ4n) is 5.80. The molecule has 3 unspecified atom stereocenters. The molecule has 2 aliphatic rings. The SMILES string of the molecule is COC(=O)N1CCN(C(=O)C2CN(c3ccc(Cl)nn3)CC2c2ccc(O)cc2F)CCCC1c1ccc(Cl)cc1. The minimum absolute atomic E-state index is 0.137. The third kappa shape index (κ3) is 6.33. The third-order valence-electron chi connectivity index (χ3n) is 7.83. The van der Waals surface area contributed by atoms with Crippen molar-refractivity contribution in [3.05, 3.63) is 81.7 Å². The molecule has 0 aliphatic carbocycles. The van der Waals surface area contributed by atoms with Gasteiger partial charge in [0.1, 0.15) is 11.6 Å². The summed E-state index contributed by atoms with van der Waals surface area (Å²) < 4.78 is 20.2. The number of aromatic nitrogens is 2. The van der Waals surface area contributed by atoms with E-state index in [2.05, 4.69) is 10.2 Å². The van der Waals surface area contributed by atoms with Gasteiger partial charge in [-0.2, -0.15) is 0 Å². The molecule has 0 spiro atoms. The summed E-state index contributed by atoms with van der Waals surface area (Å²) in [5, 5.41) is 18.7. The predicted octanol–water partition coefficient (Wildman–Crippen LogP) is 5.28. The zero-order valence-electron chi connectivity index (χ0n) is 22.4. The molecule has 2 aromatic carbocycles. The van der Waals surface area contributed by atoms with Crippen LogP contribution in [0.4, 0.5) is 15.0 Å². The molecule has 2 fully saturated rings. The van der Waals surface area contributed by atoms with E-state index in [1.807, 2.05) is 17.0 Å². The minimum atomic E-state index is -0.593. The van der Waals surface area contributed by atoms with E-state index < -0.39 is 23.7 Å². The number of phenols is 1. The van der Waals surface area contributed by atoms with E-state index in [1.165, 1.54) is 19.2 Å². The monoisotopic (exact) mass is 601 g/mol. The number of benzene rings is 2. The number of amides is 2. The van der Waals surface area contributed by atoms with Gasteiger partial charge in [-0.15, -0.1) is 10.2 Å². The number of carbonyl (C=O) groups is 2. The maximum Gasteiger partial charge on any atom is 0.410 e.